The molecule has 0 spiro atoms. The third-order valence-corrected chi connectivity index (χ3v) is 5.88. The summed E-state index contributed by atoms with van der Waals surface area (Å²) >= 11 is 0. The predicted octanol–water partition coefficient (Wildman–Crippen LogP) is 5.10. The molecule has 1 aliphatic carbocycles. The van der Waals surface area contributed by atoms with Gasteiger partial charge in [-0.2, -0.15) is 0 Å². The maximum absolute atomic E-state index is 13.4. The SMILES string of the molecule is CC1CCN(C(=O)N2CC3=C(C=CCC=C3)CCc3ccccc32)CC1. The van der Waals surface area contributed by atoms with E-state index in [1.165, 1.54) is 16.7 Å². The lowest BCUT2D eigenvalue weighted by Gasteiger charge is -2.36. The molecule has 0 bridgehead atoms. The number of piperidine rings is 1. The van der Waals surface area contributed by atoms with Gasteiger partial charge in [0.15, 0.2) is 0 Å². The number of hydrogen-bond acceptors (Lipinski definition) is 1. The number of benzene rings is 1. The highest BCUT2D eigenvalue weighted by atomic mass is 16.2. The Hall–Kier alpha value is -2.29. The number of anilines is 1. The first-order valence-corrected chi connectivity index (χ1v) is 9.92. The molecule has 0 saturated carbocycles. The number of fused-ring (bicyclic) bond motifs is 1. The minimum atomic E-state index is 0.166. The summed E-state index contributed by atoms with van der Waals surface area (Å²) in [4.78, 5) is 17.5. The molecule has 0 radical (unpaired) electrons. The van der Waals surface area contributed by atoms with Crippen LogP contribution < -0.4 is 4.90 Å². The van der Waals surface area contributed by atoms with Crippen molar-refractivity contribution in [3.05, 3.63) is 65.3 Å². The topological polar surface area (TPSA) is 23.6 Å². The molecule has 0 atom stereocenters. The van der Waals surface area contributed by atoms with Crippen molar-refractivity contribution >= 4 is 11.7 Å². The van der Waals surface area contributed by atoms with Gasteiger partial charge in [0, 0.05) is 18.8 Å². The second-order valence-corrected chi connectivity index (χ2v) is 7.76. The number of nitrogens with zero attached hydrogens (tertiary/aromatic N) is 2. The van der Waals surface area contributed by atoms with Crippen LogP contribution in [-0.4, -0.2) is 30.6 Å². The van der Waals surface area contributed by atoms with Gasteiger partial charge >= 0.3 is 6.03 Å². The zero-order valence-corrected chi connectivity index (χ0v) is 15.7. The molecule has 0 N–H and O–H groups in total. The molecule has 1 aromatic rings. The minimum absolute atomic E-state index is 0.166. The van der Waals surface area contributed by atoms with Gasteiger partial charge in [-0.1, -0.05) is 49.4 Å². The highest BCUT2D eigenvalue weighted by Gasteiger charge is 2.28. The Kier molecular flexibility index (Phi) is 4.96. The Balaban J connectivity index is 1.69. The van der Waals surface area contributed by atoms with Crippen LogP contribution >= 0.6 is 0 Å². The largest absolute Gasteiger partial charge is 0.324 e. The van der Waals surface area contributed by atoms with E-state index >= 15 is 0 Å². The van der Waals surface area contributed by atoms with E-state index in [9.17, 15) is 4.79 Å². The standard InChI is InChI=1S/C23H28N2O/c1-18-13-15-24(16-14-18)23(26)25-17-21-9-4-2-3-7-19(21)11-12-20-8-5-6-10-22(20)25/h3-10,18H,2,11-17H2,1H3. The molecule has 1 saturated heterocycles. The molecule has 2 heterocycles. The summed E-state index contributed by atoms with van der Waals surface area (Å²) in [5.74, 6) is 0.725. The number of allylic oxidation sites excluding steroid dienone is 4. The second-order valence-electron chi connectivity index (χ2n) is 7.76. The average Bonchev–Trinajstić information content (AvgIpc) is 2.88. The van der Waals surface area contributed by atoms with Crippen LogP contribution in [0, 0.1) is 5.92 Å². The van der Waals surface area contributed by atoms with Crippen molar-refractivity contribution in [2.24, 2.45) is 5.92 Å². The average molecular weight is 348 g/mol. The first kappa shape index (κ1) is 17.1. The fourth-order valence-corrected chi connectivity index (χ4v) is 4.16. The molecule has 26 heavy (non-hydrogen) atoms. The van der Waals surface area contributed by atoms with Crippen molar-refractivity contribution in [3.63, 3.8) is 0 Å². The lowest BCUT2D eigenvalue weighted by molar-refractivity contribution is 0.180. The monoisotopic (exact) mass is 348 g/mol. The molecule has 2 aliphatic heterocycles. The van der Waals surface area contributed by atoms with Gasteiger partial charge in [-0.3, -0.25) is 4.90 Å². The fourth-order valence-electron chi connectivity index (χ4n) is 4.16. The van der Waals surface area contributed by atoms with Crippen LogP contribution in [0.25, 0.3) is 0 Å². The van der Waals surface area contributed by atoms with Crippen molar-refractivity contribution < 1.29 is 4.79 Å². The fraction of sp³-hybridized carbons (Fsp3) is 0.435. The van der Waals surface area contributed by atoms with Crippen LogP contribution in [0.5, 0.6) is 0 Å². The zero-order valence-electron chi connectivity index (χ0n) is 15.7. The van der Waals surface area contributed by atoms with Crippen molar-refractivity contribution in [1.82, 2.24) is 4.90 Å². The van der Waals surface area contributed by atoms with E-state index < -0.39 is 0 Å². The van der Waals surface area contributed by atoms with Gasteiger partial charge in [-0.25, -0.2) is 4.79 Å². The summed E-state index contributed by atoms with van der Waals surface area (Å²) in [7, 11) is 0. The Morgan fingerprint density at radius 3 is 2.54 bits per heavy atom. The molecule has 2 amide bonds. The number of carbonyl (C=O) groups excluding carboxylic acids is 1. The Morgan fingerprint density at radius 1 is 1.00 bits per heavy atom. The molecule has 4 rings (SSSR count). The quantitative estimate of drug-likeness (QED) is 0.639. The molecule has 1 fully saturated rings. The number of rotatable bonds is 0. The summed E-state index contributed by atoms with van der Waals surface area (Å²) in [6.07, 6.45) is 14.1. The number of carbonyl (C=O) groups is 1. The van der Waals surface area contributed by atoms with Crippen LogP contribution in [0.3, 0.4) is 0 Å². The van der Waals surface area contributed by atoms with E-state index in [-0.39, 0.29) is 6.03 Å². The predicted molar refractivity (Wildman–Crippen MR) is 107 cm³/mol. The van der Waals surface area contributed by atoms with Crippen molar-refractivity contribution in [3.8, 4) is 0 Å². The van der Waals surface area contributed by atoms with Gasteiger partial charge in [0.2, 0.25) is 0 Å². The van der Waals surface area contributed by atoms with E-state index in [0.29, 0.717) is 6.54 Å². The number of amides is 2. The molecule has 3 heteroatoms. The molecule has 0 aromatic heterocycles. The summed E-state index contributed by atoms with van der Waals surface area (Å²) in [5, 5.41) is 0. The van der Waals surface area contributed by atoms with Gasteiger partial charge in [-0.15, -0.1) is 0 Å². The maximum atomic E-state index is 13.4. The smallest absolute Gasteiger partial charge is 0.324 e. The summed E-state index contributed by atoms with van der Waals surface area (Å²) in [5.41, 5.74) is 5.02. The molecule has 0 unspecified atom stereocenters. The van der Waals surface area contributed by atoms with Crippen LogP contribution in [0.4, 0.5) is 10.5 Å². The third kappa shape index (κ3) is 3.48. The van der Waals surface area contributed by atoms with E-state index in [4.69, 9.17) is 0 Å². The van der Waals surface area contributed by atoms with Gasteiger partial charge < -0.3 is 4.90 Å². The second kappa shape index (κ2) is 7.53. The van der Waals surface area contributed by atoms with Gasteiger partial charge in [-0.05, 0) is 60.8 Å². The highest BCUT2D eigenvalue weighted by molar-refractivity contribution is 5.93. The van der Waals surface area contributed by atoms with Gasteiger partial charge in [0.25, 0.3) is 0 Å². The highest BCUT2D eigenvalue weighted by Crippen LogP contribution is 2.31. The summed E-state index contributed by atoms with van der Waals surface area (Å²) < 4.78 is 0. The number of aryl methyl sites for hydroxylation is 1. The molecular weight excluding hydrogens is 320 g/mol. The first-order valence-electron chi connectivity index (χ1n) is 9.92. The minimum Gasteiger partial charge on any atom is -0.324 e. The lowest BCUT2D eigenvalue weighted by Crippen LogP contribution is -2.47. The Labute approximate surface area is 156 Å². The van der Waals surface area contributed by atoms with E-state index in [1.807, 2.05) is 4.90 Å². The van der Waals surface area contributed by atoms with Crippen molar-refractivity contribution in [1.29, 1.82) is 0 Å². The maximum Gasteiger partial charge on any atom is 0.324 e. The zero-order chi connectivity index (χ0) is 17.9. The van der Waals surface area contributed by atoms with Crippen LogP contribution in [0.15, 0.2) is 59.7 Å². The number of urea groups is 1. The van der Waals surface area contributed by atoms with E-state index in [0.717, 1.165) is 56.8 Å². The lowest BCUT2D eigenvalue weighted by atomic mass is 9.95. The van der Waals surface area contributed by atoms with Gasteiger partial charge in [0.1, 0.15) is 0 Å². The summed E-state index contributed by atoms with van der Waals surface area (Å²) in [6.45, 7) is 4.70. The van der Waals surface area contributed by atoms with Crippen LogP contribution in [0.2, 0.25) is 0 Å². The molecule has 3 aliphatic rings. The number of hydrogen-bond donors (Lipinski definition) is 0. The first-order chi connectivity index (χ1) is 12.7. The third-order valence-electron chi connectivity index (χ3n) is 5.88. The molecule has 3 nitrogen and oxygen atoms in total. The van der Waals surface area contributed by atoms with E-state index in [1.54, 1.807) is 0 Å². The molecular formula is C23H28N2O. The molecule has 136 valence electrons. The Morgan fingerprint density at radius 2 is 1.73 bits per heavy atom. The molecule has 1 aromatic carbocycles. The van der Waals surface area contributed by atoms with Crippen molar-refractivity contribution in [2.75, 3.05) is 24.5 Å². The number of para-hydroxylation sites is 1. The normalized spacial score (nSPS) is 21.0. The van der Waals surface area contributed by atoms with E-state index in [2.05, 4.69) is 60.4 Å². The van der Waals surface area contributed by atoms with Crippen LogP contribution in [0.1, 0.15) is 38.2 Å². The number of likely N-dealkylation sites (tertiary alicyclic amines) is 1. The van der Waals surface area contributed by atoms with Crippen molar-refractivity contribution in [2.45, 2.75) is 39.0 Å². The summed E-state index contributed by atoms with van der Waals surface area (Å²) in [6, 6.07) is 8.60. The van der Waals surface area contributed by atoms with Crippen LogP contribution in [-0.2, 0) is 6.42 Å². The Bertz CT molecular complexity index is 766. The van der Waals surface area contributed by atoms with Gasteiger partial charge in [0.05, 0.1) is 6.54 Å².